The van der Waals surface area contributed by atoms with Gasteiger partial charge < -0.3 is 10.2 Å². The van der Waals surface area contributed by atoms with Crippen molar-refractivity contribution < 1.29 is 9.59 Å². The second-order valence-corrected chi connectivity index (χ2v) is 7.34. The minimum absolute atomic E-state index is 0.0896. The van der Waals surface area contributed by atoms with Crippen LogP contribution in [0.3, 0.4) is 0 Å². The fourth-order valence-electron chi connectivity index (χ4n) is 3.91. The summed E-state index contributed by atoms with van der Waals surface area (Å²) < 4.78 is 0. The number of hydrogen-bond donors (Lipinski definition) is 1. The molecule has 24 heavy (non-hydrogen) atoms. The van der Waals surface area contributed by atoms with Crippen molar-refractivity contribution in [2.24, 2.45) is 0 Å². The van der Waals surface area contributed by atoms with Crippen LogP contribution in [0.5, 0.6) is 0 Å². The van der Waals surface area contributed by atoms with Gasteiger partial charge in [-0.25, -0.2) is 0 Å². The summed E-state index contributed by atoms with van der Waals surface area (Å²) in [4.78, 5) is 28.4. The maximum absolute atomic E-state index is 12.4. The maximum Gasteiger partial charge on any atom is 0.239 e. The molecule has 2 aliphatic rings. The average Bonchev–Trinajstić information content (AvgIpc) is 3.25. The van der Waals surface area contributed by atoms with Gasteiger partial charge in [0.25, 0.3) is 0 Å². The van der Waals surface area contributed by atoms with E-state index in [0.717, 1.165) is 38.8 Å². The topological polar surface area (TPSA) is 76.4 Å². The van der Waals surface area contributed by atoms with E-state index in [2.05, 4.69) is 16.3 Å². The minimum atomic E-state index is -0.0896. The zero-order valence-electron chi connectivity index (χ0n) is 13.8. The summed E-state index contributed by atoms with van der Waals surface area (Å²) in [6.45, 7) is 3.66. The highest BCUT2D eigenvalue weighted by molar-refractivity contribution is 7.14. The molecule has 1 aromatic rings. The molecule has 0 spiro atoms. The molecule has 0 aromatic carbocycles. The van der Waals surface area contributed by atoms with Gasteiger partial charge in [-0.2, -0.15) is 5.26 Å². The van der Waals surface area contributed by atoms with E-state index in [1.54, 1.807) is 18.4 Å². The summed E-state index contributed by atoms with van der Waals surface area (Å²) in [5.41, 5.74) is 0.505. The van der Waals surface area contributed by atoms with Crippen LogP contribution < -0.4 is 5.32 Å². The second kappa shape index (κ2) is 7.32. The number of nitrogens with zero attached hydrogens (tertiary/aromatic N) is 3. The number of hydrogen-bond acceptors (Lipinski definition) is 5. The van der Waals surface area contributed by atoms with Crippen LogP contribution in [-0.2, 0) is 9.59 Å². The zero-order chi connectivity index (χ0) is 17.1. The van der Waals surface area contributed by atoms with Gasteiger partial charge in [0.15, 0.2) is 0 Å². The first-order valence-corrected chi connectivity index (χ1v) is 9.27. The van der Waals surface area contributed by atoms with Gasteiger partial charge in [0.1, 0.15) is 11.1 Å². The van der Waals surface area contributed by atoms with Gasteiger partial charge in [0.2, 0.25) is 11.8 Å². The van der Waals surface area contributed by atoms with Crippen LogP contribution in [0.1, 0.15) is 38.2 Å². The van der Waals surface area contributed by atoms with Gasteiger partial charge in [-0.05, 0) is 43.7 Å². The Morgan fingerprint density at radius 2 is 2.08 bits per heavy atom. The molecule has 0 bridgehead atoms. The van der Waals surface area contributed by atoms with E-state index in [1.807, 2.05) is 4.90 Å². The Morgan fingerprint density at radius 1 is 1.33 bits per heavy atom. The van der Waals surface area contributed by atoms with E-state index in [4.69, 9.17) is 5.26 Å². The normalized spacial score (nSPS) is 24.1. The van der Waals surface area contributed by atoms with Crippen LogP contribution in [0.4, 0.5) is 5.00 Å². The van der Waals surface area contributed by atoms with Crippen LogP contribution in [0.2, 0.25) is 0 Å². The molecule has 0 radical (unpaired) electrons. The van der Waals surface area contributed by atoms with Gasteiger partial charge >= 0.3 is 0 Å². The van der Waals surface area contributed by atoms with E-state index in [-0.39, 0.29) is 23.9 Å². The van der Waals surface area contributed by atoms with Gasteiger partial charge in [-0.1, -0.05) is 0 Å². The summed E-state index contributed by atoms with van der Waals surface area (Å²) in [6, 6.07) is 4.29. The molecule has 6 nitrogen and oxygen atoms in total. The molecular weight excluding hydrogens is 324 g/mol. The van der Waals surface area contributed by atoms with Crippen LogP contribution in [0, 0.1) is 11.3 Å². The van der Waals surface area contributed by atoms with Crippen molar-refractivity contribution in [2.75, 3.05) is 25.0 Å². The summed E-state index contributed by atoms with van der Waals surface area (Å²) in [7, 11) is 0. The predicted molar refractivity (Wildman–Crippen MR) is 92.7 cm³/mol. The maximum atomic E-state index is 12.4. The molecular formula is C17H22N4O2S. The summed E-state index contributed by atoms with van der Waals surface area (Å²) in [5.74, 6) is 0.0410. The molecule has 7 heteroatoms. The lowest BCUT2D eigenvalue weighted by Gasteiger charge is -2.34. The van der Waals surface area contributed by atoms with Crippen molar-refractivity contribution in [3.05, 3.63) is 17.0 Å². The molecule has 3 rings (SSSR count). The number of nitrogens with one attached hydrogen (secondary N) is 1. The van der Waals surface area contributed by atoms with Crippen molar-refractivity contribution >= 4 is 28.2 Å². The molecule has 3 heterocycles. The summed E-state index contributed by atoms with van der Waals surface area (Å²) in [6.07, 6.45) is 4.15. The first-order chi connectivity index (χ1) is 11.6. The SMILES string of the molecule is CC(=O)N1CCC[C@H]1[C@@H]1CCCN1CC(=O)Nc1sccc1C#N. The molecule has 128 valence electrons. The Balaban J connectivity index is 1.63. The second-order valence-electron chi connectivity index (χ2n) is 6.43. The molecule has 1 aromatic heterocycles. The molecule has 0 aliphatic carbocycles. The Bertz CT molecular complexity index is 666. The highest BCUT2D eigenvalue weighted by Crippen LogP contribution is 2.30. The van der Waals surface area contributed by atoms with Crippen molar-refractivity contribution in [3.63, 3.8) is 0 Å². The van der Waals surface area contributed by atoms with Crippen molar-refractivity contribution in [1.29, 1.82) is 5.26 Å². The van der Waals surface area contributed by atoms with Crippen molar-refractivity contribution in [2.45, 2.75) is 44.7 Å². The van der Waals surface area contributed by atoms with Crippen molar-refractivity contribution in [1.82, 2.24) is 9.80 Å². The lowest BCUT2D eigenvalue weighted by atomic mass is 10.0. The molecule has 2 saturated heterocycles. The molecule has 1 N–H and O–H groups in total. The quantitative estimate of drug-likeness (QED) is 0.905. The van der Waals surface area contributed by atoms with Gasteiger partial charge in [0, 0.05) is 25.6 Å². The minimum Gasteiger partial charge on any atom is -0.338 e. The van der Waals surface area contributed by atoms with E-state index >= 15 is 0 Å². The number of thiophene rings is 1. The van der Waals surface area contributed by atoms with Crippen molar-refractivity contribution in [3.8, 4) is 6.07 Å². The lowest BCUT2D eigenvalue weighted by Crippen LogP contribution is -2.49. The van der Waals surface area contributed by atoms with Crippen LogP contribution in [-0.4, -0.2) is 53.3 Å². The van der Waals surface area contributed by atoms with Crippen LogP contribution in [0.15, 0.2) is 11.4 Å². The highest BCUT2D eigenvalue weighted by Gasteiger charge is 2.39. The molecule has 2 amide bonds. The number of rotatable bonds is 4. The Hall–Kier alpha value is -1.91. The first-order valence-electron chi connectivity index (χ1n) is 8.39. The van der Waals surface area contributed by atoms with Gasteiger partial charge in [0.05, 0.1) is 12.1 Å². The zero-order valence-corrected chi connectivity index (χ0v) is 14.6. The standard InChI is InChI=1S/C17H22N4O2S/c1-12(22)21-8-3-5-15(21)14-4-2-7-20(14)11-16(23)19-17-13(10-18)6-9-24-17/h6,9,14-15H,2-5,7-8,11H2,1H3,(H,19,23)/t14-,15-/m0/s1. The fourth-order valence-corrected chi connectivity index (χ4v) is 4.67. The third-order valence-corrected chi connectivity index (χ3v) is 5.78. The number of carbonyl (C=O) groups excluding carboxylic acids is 2. The summed E-state index contributed by atoms with van der Waals surface area (Å²) in [5, 5.41) is 14.3. The summed E-state index contributed by atoms with van der Waals surface area (Å²) >= 11 is 1.36. The molecule has 0 saturated carbocycles. The van der Waals surface area contributed by atoms with Gasteiger partial charge in [-0.15, -0.1) is 11.3 Å². The Labute approximate surface area is 146 Å². The van der Waals surface area contributed by atoms with Gasteiger partial charge in [-0.3, -0.25) is 14.5 Å². The van der Waals surface area contributed by atoms with Crippen LogP contribution >= 0.6 is 11.3 Å². The molecule has 0 unspecified atom stereocenters. The molecule has 2 atom stereocenters. The number of nitriles is 1. The molecule has 2 fully saturated rings. The third kappa shape index (κ3) is 3.45. The molecule has 2 aliphatic heterocycles. The predicted octanol–water partition coefficient (Wildman–Crippen LogP) is 2.03. The largest absolute Gasteiger partial charge is 0.338 e. The highest BCUT2D eigenvalue weighted by atomic mass is 32.1. The smallest absolute Gasteiger partial charge is 0.239 e. The first kappa shape index (κ1) is 16.9. The van der Waals surface area contributed by atoms with E-state index in [9.17, 15) is 9.59 Å². The average molecular weight is 346 g/mol. The number of likely N-dealkylation sites (tertiary alicyclic amines) is 2. The van der Waals surface area contributed by atoms with E-state index in [1.165, 1.54) is 11.3 Å². The number of amides is 2. The van der Waals surface area contributed by atoms with E-state index in [0.29, 0.717) is 17.1 Å². The third-order valence-electron chi connectivity index (χ3n) is 4.95. The fraction of sp³-hybridized carbons (Fsp3) is 0.588. The van der Waals surface area contributed by atoms with E-state index < -0.39 is 0 Å². The Morgan fingerprint density at radius 3 is 2.83 bits per heavy atom. The van der Waals surface area contributed by atoms with Crippen LogP contribution in [0.25, 0.3) is 0 Å². The Kier molecular flexibility index (Phi) is 5.17. The number of anilines is 1. The monoisotopic (exact) mass is 346 g/mol. The number of carbonyl (C=O) groups is 2. The lowest BCUT2D eigenvalue weighted by molar-refractivity contribution is -0.130.